The third-order valence-electron chi connectivity index (χ3n) is 0. The van der Waals surface area contributed by atoms with E-state index in [-0.39, 0.29) is 124 Å². The van der Waals surface area contributed by atoms with Crippen molar-refractivity contribution < 1.29 is 41.0 Å². The molecule has 0 aliphatic carbocycles. The Kier molecular flexibility index (Phi) is 129. The van der Waals surface area contributed by atoms with E-state index in [4.69, 9.17) is 30.0 Å². The van der Waals surface area contributed by atoms with Crippen LogP contribution < -0.4 is 20.4 Å². The van der Waals surface area contributed by atoms with E-state index in [1.807, 2.05) is 0 Å². The van der Waals surface area contributed by atoms with Gasteiger partial charge in [-0.1, -0.05) is 0 Å². The van der Waals surface area contributed by atoms with Crippen LogP contribution in [0.4, 0.5) is 9.59 Å². The Labute approximate surface area is 163 Å². The van der Waals surface area contributed by atoms with Crippen LogP contribution in [0.5, 0.6) is 0 Å². The van der Waals surface area contributed by atoms with Crippen LogP contribution in [0, 0.1) is 0 Å². The van der Waals surface area contributed by atoms with Crippen LogP contribution in [0.3, 0.4) is 0 Å². The molecule has 8 nitrogen and oxygen atoms in total. The van der Waals surface area contributed by atoms with Gasteiger partial charge in [-0.15, -0.1) is 0 Å². The zero-order valence-electron chi connectivity index (χ0n) is 6.47. The zero-order chi connectivity index (χ0) is 7.15. The van der Waals surface area contributed by atoms with E-state index in [0.29, 0.717) is 0 Å². The predicted molar refractivity (Wildman–Crippen MR) is 31.9 cm³/mol. The largest absolute Gasteiger partial charge is 2.00 e. The molecule has 2 N–H and O–H groups in total. The van der Waals surface area contributed by atoms with Crippen molar-refractivity contribution in [2.24, 2.45) is 0 Å². The molecule has 64 valence electrons. The van der Waals surface area contributed by atoms with Gasteiger partial charge in [-0.2, -0.15) is 0 Å². The van der Waals surface area contributed by atoms with E-state index in [2.05, 4.69) is 0 Å². The second-order valence-corrected chi connectivity index (χ2v) is 0.500. The molecule has 0 aliphatic rings. The van der Waals surface area contributed by atoms with Crippen molar-refractivity contribution in [3.8, 4) is 0 Å². The molecule has 0 atom stereocenters. The topological polar surface area (TPSA) is 186 Å². The molecule has 0 saturated heterocycles. The van der Waals surface area contributed by atoms with Gasteiger partial charge in [-0.25, -0.2) is 0 Å². The molecule has 0 bridgehead atoms. The summed E-state index contributed by atoms with van der Waals surface area (Å²) >= 11 is 0. The Morgan fingerprint density at radius 3 is 0.615 bits per heavy atom. The van der Waals surface area contributed by atoms with Gasteiger partial charge >= 0.3 is 113 Å². The standard InChI is InChI=1S/2CH2O3.3Ca.2H2O/c2*2-1(3)4;;;;;/h2*(H2,2,3,4);;;;2*1H2/q;;3*+2;;/p-6. The normalized spacial score (nSPS) is 3.69. The molecule has 11 heteroatoms. The molecular weight excluding hydrogens is 272 g/mol. The first kappa shape index (κ1) is 45.5. The first-order valence-corrected chi connectivity index (χ1v) is 1.22. The molecule has 0 radical (unpaired) electrons. The van der Waals surface area contributed by atoms with Crippen LogP contribution in [-0.2, 0) is 0 Å². The first-order valence-electron chi connectivity index (χ1n) is 1.22. The van der Waals surface area contributed by atoms with Crippen molar-refractivity contribution in [3.05, 3.63) is 0 Å². The van der Waals surface area contributed by atoms with Crippen molar-refractivity contribution >= 4 is 126 Å². The Bertz CT molecular complexity index is 75.4. The fourth-order valence-corrected chi connectivity index (χ4v) is 0. The summed E-state index contributed by atoms with van der Waals surface area (Å²) in [6.07, 6.45) is -4.67. The third kappa shape index (κ3) is 425. The van der Waals surface area contributed by atoms with Crippen LogP contribution >= 0.6 is 0 Å². The number of carboxylic acid groups (broad SMARTS) is 4. The molecule has 0 unspecified atom stereocenters. The molecule has 0 fully saturated rings. The van der Waals surface area contributed by atoms with Gasteiger partial charge in [0.05, 0.1) is 0 Å². The van der Waals surface area contributed by atoms with Crippen molar-refractivity contribution in [2.75, 3.05) is 0 Å². The maximum Gasteiger partial charge on any atom is 2.00 e. The molecule has 0 heterocycles. The molecule has 0 spiro atoms. The fourth-order valence-electron chi connectivity index (χ4n) is 0. The van der Waals surface area contributed by atoms with Crippen LogP contribution in [0.2, 0.25) is 0 Å². The molecule has 0 aliphatic heterocycles. The van der Waals surface area contributed by atoms with E-state index in [0.717, 1.165) is 0 Å². The van der Waals surface area contributed by atoms with Gasteiger partial charge < -0.3 is 41.0 Å². The zero-order valence-corrected chi connectivity index (χ0v) is 13.1. The molecule has 0 aromatic rings. The monoisotopic (exact) mass is 274 g/mol. The summed E-state index contributed by atoms with van der Waals surface area (Å²) in [4.78, 5) is 16.7. The second kappa shape index (κ2) is 36.8. The summed E-state index contributed by atoms with van der Waals surface area (Å²) in [5.41, 5.74) is 0. The minimum Gasteiger partial charge on any atom is -0.870 e. The van der Waals surface area contributed by atoms with Gasteiger partial charge in [-0.05, 0) is 12.3 Å². The van der Waals surface area contributed by atoms with Gasteiger partial charge in [0.15, 0.2) is 0 Å². The number of hydrogen-bond donors (Lipinski definition) is 0. The minimum absolute atomic E-state index is 0. The number of hydrogen-bond acceptors (Lipinski definition) is 8. The van der Waals surface area contributed by atoms with E-state index in [9.17, 15) is 0 Å². The molecule has 0 rings (SSSR count). The van der Waals surface area contributed by atoms with E-state index in [1.54, 1.807) is 0 Å². The maximum atomic E-state index is 8.33. The Hall–Kier alpha value is 2.24. The average Bonchev–Trinajstić information content (AvgIpc) is 1.25. The average molecular weight is 274 g/mol. The summed E-state index contributed by atoms with van der Waals surface area (Å²) in [6.45, 7) is 0. The van der Waals surface area contributed by atoms with Crippen molar-refractivity contribution in [3.63, 3.8) is 0 Å². The van der Waals surface area contributed by atoms with E-state index >= 15 is 0 Å². The summed E-state index contributed by atoms with van der Waals surface area (Å²) in [5.74, 6) is 0. The van der Waals surface area contributed by atoms with Gasteiger partial charge in [0, 0.05) is 0 Å². The molecule has 0 saturated carbocycles. The number of rotatable bonds is 0. The fraction of sp³-hybridized carbons (Fsp3) is 0. The molecular formula is C2H2Ca3O8. The van der Waals surface area contributed by atoms with Gasteiger partial charge in [0.2, 0.25) is 0 Å². The Morgan fingerprint density at radius 2 is 0.615 bits per heavy atom. The predicted octanol–water partition coefficient (Wildman–Crippen LogP) is -6.39. The first-order chi connectivity index (χ1) is 3.46. The maximum absolute atomic E-state index is 8.33. The number of carbonyl (C=O) groups is 2. The van der Waals surface area contributed by atoms with Crippen molar-refractivity contribution in [1.29, 1.82) is 0 Å². The van der Waals surface area contributed by atoms with Crippen LogP contribution in [0.1, 0.15) is 0 Å². The summed E-state index contributed by atoms with van der Waals surface area (Å²) < 4.78 is 0. The van der Waals surface area contributed by atoms with Gasteiger partial charge in [0.1, 0.15) is 0 Å². The quantitative estimate of drug-likeness (QED) is 0.390. The Balaban J connectivity index is -0.00000000800. The molecule has 0 amide bonds. The summed E-state index contributed by atoms with van der Waals surface area (Å²) in [6, 6.07) is 0. The van der Waals surface area contributed by atoms with Gasteiger partial charge in [0.25, 0.3) is 0 Å². The van der Waals surface area contributed by atoms with Crippen molar-refractivity contribution in [2.45, 2.75) is 0 Å². The van der Waals surface area contributed by atoms with Crippen molar-refractivity contribution in [1.82, 2.24) is 0 Å². The summed E-state index contributed by atoms with van der Waals surface area (Å²) in [7, 11) is 0. The molecule has 0 aromatic carbocycles. The minimum atomic E-state index is -2.33. The molecule has 13 heavy (non-hydrogen) atoms. The third-order valence-corrected chi connectivity index (χ3v) is 0. The Morgan fingerprint density at radius 1 is 0.615 bits per heavy atom. The second-order valence-electron chi connectivity index (χ2n) is 0.500. The van der Waals surface area contributed by atoms with Crippen LogP contribution in [0.25, 0.3) is 0 Å². The van der Waals surface area contributed by atoms with Gasteiger partial charge in [-0.3, -0.25) is 0 Å². The SMILES string of the molecule is O=C([O-])[O-].O=C([O-])[O-].[Ca+2].[Ca+2].[Ca+2].[OH-].[OH-]. The van der Waals surface area contributed by atoms with E-state index < -0.39 is 12.3 Å². The smallest absolute Gasteiger partial charge is 0.870 e. The summed E-state index contributed by atoms with van der Waals surface area (Å²) in [5, 5.41) is 33.3. The number of carbonyl (C=O) groups excluding carboxylic acids is 2. The van der Waals surface area contributed by atoms with E-state index in [1.165, 1.54) is 0 Å². The molecule has 0 aromatic heterocycles. The van der Waals surface area contributed by atoms with Crippen LogP contribution in [0.15, 0.2) is 0 Å². The van der Waals surface area contributed by atoms with Crippen LogP contribution in [-0.4, -0.2) is 136 Å².